The van der Waals surface area contributed by atoms with Gasteiger partial charge in [-0.25, -0.2) is 14.4 Å². The molecule has 0 saturated heterocycles. The normalized spacial score (nSPS) is 11.0. The van der Waals surface area contributed by atoms with E-state index in [1.54, 1.807) is 30.7 Å². The number of amides is 1. The Labute approximate surface area is 201 Å². The number of nitrogens with zero attached hydrogens (tertiary/aromatic N) is 3. The van der Waals surface area contributed by atoms with Gasteiger partial charge in [-0.15, -0.1) is 0 Å². The number of hydrogen-bond donors (Lipinski definition) is 1. The van der Waals surface area contributed by atoms with Crippen LogP contribution in [0.15, 0.2) is 94.2 Å². The first-order valence-electron chi connectivity index (χ1n) is 11.2. The molecule has 0 atom stereocenters. The van der Waals surface area contributed by atoms with Crippen LogP contribution < -0.4 is 10.2 Å². The summed E-state index contributed by atoms with van der Waals surface area (Å²) in [5.74, 6) is 2.15. The number of furan rings is 2. The summed E-state index contributed by atoms with van der Waals surface area (Å²) in [6.07, 6.45) is 3.43. The topological polar surface area (TPSA) is 84.4 Å². The molecule has 3 heterocycles. The largest absolute Gasteiger partial charge is 0.467 e. The summed E-state index contributed by atoms with van der Waals surface area (Å²) in [5.41, 5.74) is 1.45. The van der Waals surface area contributed by atoms with Crippen LogP contribution in [0.5, 0.6) is 0 Å². The molecule has 1 amide bonds. The van der Waals surface area contributed by atoms with Crippen LogP contribution in [0.4, 0.5) is 10.2 Å². The van der Waals surface area contributed by atoms with Gasteiger partial charge in [0.25, 0.3) is 0 Å². The minimum atomic E-state index is -0.324. The third-order valence-corrected chi connectivity index (χ3v) is 5.56. The van der Waals surface area contributed by atoms with Crippen LogP contribution in [-0.4, -0.2) is 22.4 Å². The molecule has 3 aromatic heterocycles. The lowest BCUT2D eigenvalue weighted by atomic mass is 10.1. The maximum Gasteiger partial charge on any atom is 0.222 e. The number of hydrogen-bond acceptors (Lipinski definition) is 6. The van der Waals surface area contributed by atoms with E-state index in [9.17, 15) is 9.18 Å². The Kier molecular flexibility index (Phi) is 6.52. The van der Waals surface area contributed by atoms with E-state index in [1.165, 1.54) is 12.1 Å². The Balaban J connectivity index is 1.46. The molecule has 5 aromatic rings. The van der Waals surface area contributed by atoms with E-state index in [4.69, 9.17) is 18.8 Å². The predicted molar refractivity (Wildman–Crippen MR) is 130 cm³/mol. The average Bonchev–Trinajstić information content (AvgIpc) is 3.59. The molecule has 2 aromatic carbocycles. The second-order valence-electron chi connectivity index (χ2n) is 8.00. The van der Waals surface area contributed by atoms with Crippen LogP contribution in [0.1, 0.15) is 17.9 Å². The summed E-state index contributed by atoms with van der Waals surface area (Å²) in [6.45, 7) is 1.14. The summed E-state index contributed by atoms with van der Waals surface area (Å²) in [7, 11) is 0. The van der Waals surface area contributed by atoms with Crippen molar-refractivity contribution in [3.05, 3.63) is 103 Å². The summed E-state index contributed by atoms with van der Waals surface area (Å²) in [4.78, 5) is 24.1. The molecule has 35 heavy (non-hydrogen) atoms. The first-order valence-corrected chi connectivity index (χ1v) is 11.2. The van der Waals surface area contributed by atoms with Crippen molar-refractivity contribution >= 4 is 22.6 Å². The third-order valence-electron chi connectivity index (χ3n) is 5.56. The van der Waals surface area contributed by atoms with E-state index in [2.05, 4.69) is 5.32 Å². The molecule has 0 fully saturated rings. The Morgan fingerprint density at radius 3 is 2.37 bits per heavy atom. The molecule has 0 bridgehead atoms. The van der Waals surface area contributed by atoms with Crippen molar-refractivity contribution in [2.45, 2.75) is 19.5 Å². The molecular formula is C27H23FN4O3. The summed E-state index contributed by atoms with van der Waals surface area (Å²) < 4.78 is 24.4. The van der Waals surface area contributed by atoms with Gasteiger partial charge in [0.05, 0.1) is 31.1 Å². The molecule has 0 radical (unpaired) electrons. The first-order chi connectivity index (χ1) is 17.2. The van der Waals surface area contributed by atoms with Crippen molar-refractivity contribution in [1.29, 1.82) is 0 Å². The van der Waals surface area contributed by atoms with Crippen molar-refractivity contribution in [2.24, 2.45) is 0 Å². The highest BCUT2D eigenvalue weighted by atomic mass is 19.1. The van der Waals surface area contributed by atoms with Crippen LogP contribution in [0.2, 0.25) is 0 Å². The molecule has 0 aliphatic carbocycles. The number of nitrogens with one attached hydrogen (secondary N) is 1. The zero-order chi connectivity index (χ0) is 24.0. The fourth-order valence-electron chi connectivity index (χ4n) is 3.80. The Bertz CT molecular complexity index is 1400. The highest BCUT2D eigenvalue weighted by molar-refractivity contribution is 5.91. The number of anilines is 1. The fraction of sp³-hybridized carbons (Fsp3) is 0.148. The number of carbonyl (C=O) groups excluding carboxylic acids is 1. The highest BCUT2D eigenvalue weighted by Gasteiger charge is 2.18. The smallest absolute Gasteiger partial charge is 0.222 e. The first kappa shape index (κ1) is 22.3. The number of carbonyl (C=O) groups is 1. The minimum Gasteiger partial charge on any atom is -0.467 e. The molecule has 8 heteroatoms. The van der Waals surface area contributed by atoms with Gasteiger partial charge in [-0.3, -0.25) is 4.79 Å². The molecule has 1 N–H and O–H groups in total. The minimum absolute atomic E-state index is 0.108. The number of fused-ring (bicyclic) bond motifs is 1. The number of para-hydroxylation sites is 1. The summed E-state index contributed by atoms with van der Waals surface area (Å²) in [6, 6.07) is 21.1. The van der Waals surface area contributed by atoms with E-state index < -0.39 is 0 Å². The third kappa shape index (κ3) is 5.38. The van der Waals surface area contributed by atoms with E-state index in [0.717, 1.165) is 16.7 Å². The summed E-state index contributed by atoms with van der Waals surface area (Å²) >= 11 is 0. The van der Waals surface area contributed by atoms with E-state index in [-0.39, 0.29) is 18.1 Å². The number of halogens is 1. The maximum absolute atomic E-state index is 13.5. The lowest BCUT2D eigenvalue weighted by molar-refractivity contribution is -0.121. The van der Waals surface area contributed by atoms with E-state index >= 15 is 0 Å². The van der Waals surface area contributed by atoms with Gasteiger partial charge in [-0.2, -0.15) is 0 Å². The zero-order valence-electron chi connectivity index (χ0n) is 18.9. The zero-order valence-corrected chi connectivity index (χ0v) is 18.9. The number of rotatable bonds is 9. The lowest BCUT2D eigenvalue weighted by Gasteiger charge is -2.24. The highest BCUT2D eigenvalue weighted by Crippen LogP contribution is 2.29. The standard InChI is InChI=1S/C27H23FN4O3/c28-20-11-9-19(10-12-20)26-30-24-8-2-1-7-23(24)27(31-26)32(18-22-6-4-16-35-22)14-13-25(33)29-17-21-5-3-15-34-21/h1-12,15-16H,13-14,17-18H2,(H,29,33). The van der Waals surface area contributed by atoms with Crippen LogP contribution in [0.25, 0.3) is 22.3 Å². The molecule has 0 aliphatic rings. The molecule has 0 saturated carbocycles. The average molecular weight is 471 g/mol. The van der Waals surface area contributed by atoms with Gasteiger partial charge in [0.2, 0.25) is 5.91 Å². The van der Waals surface area contributed by atoms with Crippen molar-refractivity contribution < 1.29 is 18.0 Å². The Morgan fingerprint density at radius 1 is 0.886 bits per heavy atom. The quantitative estimate of drug-likeness (QED) is 0.313. The maximum atomic E-state index is 13.5. The van der Waals surface area contributed by atoms with Gasteiger partial charge in [-0.05, 0) is 60.7 Å². The van der Waals surface area contributed by atoms with Gasteiger partial charge in [0.1, 0.15) is 23.2 Å². The predicted octanol–water partition coefficient (Wildman–Crippen LogP) is 5.34. The molecule has 5 rings (SSSR count). The van der Waals surface area contributed by atoms with Gasteiger partial charge in [0.15, 0.2) is 5.82 Å². The Hall–Kier alpha value is -4.46. The molecular weight excluding hydrogens is 447 g/mol. The van der Waals surface area contributed by atoms with Crippen molar-refractivity contribution in [3.63, 3.8) is 0 Å². The van der Waals surface area contributed by atoms with Crippen LogP contribution in [0, 0.1) is 5.82 Å². The second kappa shape index (κ2) is 10.2. The number of benzene rings is 2. The summed E-state index contributed by atoms with van der Waals surface area (Å²) in [5, 5.41) is 3.73. The molecule has 176 valence electrons. The fourth-order valence-corrected chi connectivity index (χ4v) is 3.80. The molecule has 7 nitrogen and oxygen atoms in total. The van der Waals surface area contributed by atoms with Gasteiger partial charge >= 0.3 is 0 Å². The Morgan fingerprint density at radius 2 is 1.63 bits per heavy atom. The van der Waals surface area contributed by atoms with Crippen molar-refractivity contribution in [3.8, 4) is 11.4 Å². The van der Waals surface area contributed by atoms with Crippen molar-refractivity contribution in [1.82, 2.24) is 15.3 Å². The van der Waals surface area contributed by atoms with Gasteiger partial charge in [0, 0.05) is 23.9 Å². The van der Waals surface area contributed by atoms with Crippen molar-refractivity contribution in [2.75, 3.05) is 11.4 Å². The van der Waals surface area contributed by atoms with Crippen LogP contribution in [-0.2, 0) is 17.9 Å². The van der Waals surface area contributed by atoms with Gasteiger partial charge in [-0.1, -0.05) is 12.1 Å². The number of aromatic nitrogens is 2. The second-order valence-corrected chi connectivity index (χ2v) is 8.00. The lowest BCUT2D eigenvalue weighted by Crippen LogP contribution is -2.31. The van der Waals surface area contributed by atoms with Crippen LogP contribution in [0.3, 0.4) is 0 Å². The van der Waals surface area contributed by atoms with Gasteiger partial charge < -0.3 is 19.1 Å². The SMILES string of the molecule is O=C(CCN(Cc1ccco1)c1nc(-c2ccc(F)cc2)nc2ccccc12)NCc1ccco1. The molecule has 0 unspecified atom stereocenters. The van der Waals surface area contributed by atoms with Crippen LogP contribution >= 0.6 is 0 Å². The molecule has 0 spiro atoms. The molecule has 0 aliphatic heterocycles. The van der Waals surface area contributed by atoms with E-state index in [0.29, 0.717) is 42.6 Å². The monoisotopic (exact) mass is 470 g/mol. The van der Waals surface area contributed by atoms with E-state index in [1.807, 2.05) is 47.4 Å².